The Kier molecular flexibility index (Phi) is 3.96. The molecule has 0 unspecified atom stereocenters. The summed E-state index contributed by atoms with van der Waals surface area (Å²) in [4.78, 5) is 2.41. The summed E-state index contributed by atoms with van der Waals surface area (Å²) in [6.45, 7) is 3.73. The van der Waals surface area contributed by atoms with Gasteiger partial charge in [-0.2, -0.15) is 0 Å². The van der Waals surface area contributed by atoms with Gasteiger partial charge in [0.05, 0.1) is 18.8 Å². The van der Waals surface area contributed by atoms with Crippen LogP contribution in [0.25, 0.3) is 0 Å². The van der Waals surface area contributed by atoms with Gasteiger partial charge in [-0.05, 0) is 12.5 Å². The van der Waals surface area contributed by atoms with Crippen LogP contribution in [-0.2, 0) is 16.0 Å². The quantitative estimate of drug-likeness (QED) is 0.843. The van der Waals surface area contributed by atoms with Gasteiger partial charge in [0.2, 0.25) is 0 Å². The minimum absolute atomic E-state index is 0.0287. The van der Waals surface area contributed by atoms with Crippen LogP contribution in [0, 0.1) is 0 Å². The highest BCUT2D eigenvalue weighted by molar-refractivity contribution is 5.33. The molecule has 4 heteroatoms. The number of hydrogen-bond donors (Lipinski definition) is 0. The molecule has 0 bridgehead atoms. The van der Waals surface area contributed by atoms with Crippen molar-refractivity contribution in [3.8, 4) is 5.75 Å². The van der Waals surface area contributed by atoms with E-state index in [2.05, 4.69) is 17.0 Å². The molecule has 4 nitrogen and oxygen atoms in total. The second-order valence-electron chi connectivity index (χ2n) is 5.84. The Morgan fingerprint density at radius 3 is 2.85 bits per heavy atom. The van der Waals surface area contributed by atoms with E-state index in [9.17, 15) is 0 Å². The molecule has 1 spiro atoms. The number of rotatable bonds is 4. The Labute approximate surface area is 120 Å². The first kappa shape index (κ1) is 13.9. The molecule has 1 aromatic carbocycles. The van der Waals surface area contributed by atoms with E-state index in [1.165, 1.54) is 5.56 Å². The van der Waals surface area contributed by atoms with Gasteiger partial charge in [0.1, 0.15) is 5.75 Å². The molecule has 3 rings (SSSR count). The molecular formula is C16H23NO3. The van der Waals surface area contributed by atoms with Crippen LogP contribution in [0.4, 0.5) is 0 Å². The first-order valence-electron chi connectivity index (χ1n) is 7.26. The van der Waals surface area contributed by atoms with Crippen LogP contribution < -0.4 is 4.74 Å². The zero-order valence-electron chi connectivity index (χ0n) is 12.3. The summed E-state index contributed by atoms with van der Waals surface area (Å²) >= 11 is 0. The number of likely N-dealkylation sites (tertiary alicyclic amines) is 1. The van der Waals surface area contributed by atoms with E-state index in [1.807, 2.05) is 12.1 Å². The van der Waals surface area contributed by atoms with Gasteiger partial charge in [-0.1, -0.05) is 18.2 Å². The van der Waals surface area contributed by atoms with Gasteiger partial charge in [0, 0.05) is 45.3 Å². The van der Waals surface area contributed by atoms with Gasteiger partial charge in [-0.25, -0.2) is 0 Å². The second kappa shape index (κ2) is 5.72. The van der Waals surface area contributed by atoms with Crippen molar-refractivity contribution in [1.29, 1.82) is 0 Å². The molecule has 0 saturated carbocycles. The molecule has 0 radical (unpaired) electrons. The van der Waals surface area contributed by atoms with E-state index in [0.717, 1.165) is 44.8 Å². The van der Waals surface area contributed by atoms with Gasteiger partial charge in [-0.3, -0.25) is 4.90 Å². The standard InChI is InChI=1S/C16H23NO3/c1-18-14-7-8-20-16(9-14)11-17(12-16)10-13-5-3-4-6-15(13)19-2/h3-6,14H,7-12H2,1-2H3/t14-/m1/s1. The van der Waals surface area contributed by atoms with Crippen molar-refractivity contribution in [3.05, 3.63) is 29.8 Å². The van der Waals surface area contributed by atoms with Crippen molar-refractivity contribution >= 4 is 0 Å². The Bertz CT molecular complexity index is 457. The number of nitrogens with zero attached hydrogens (tertiary/aromatic N) is 1. The maximum atomic E-state index is 6.01. The maximum absolute atomic E-state index is 6.01. The van der Waals surface area contributed by atoms with E-state index < -0.39 is 0 Å². The molecule has 0 N–H and O–H groups in total. The number of benzene rings is 1. The molecule has 0 aliphatic carbocycles. The van der Waals surface area contributed by atoms with Crippen molar-refractivity contribution < 1.29 is 14.2 Å². The van der Waals surface area contributed by atoms with Gasteiger partial charge < -0.3 is 14.2 Å². The van der Waals surface area contributed by atoms with Crippen LogP contribution in [0.3, 0.4) is 0 Å². The third-order valence-electron chi connectivity index (χ3n) is 4.39. The lowest BCUT2D eigenvalue weighted by Gasteiger charge is -2.53. The summed E-state index contributed by atoms with van der Waals surface area (Å²) in [6, 6.07) is 8.21. The maximum Gasteiger partial charge on any atom is 0.123 e. The second-order valence-corrected chi connectivity index (χ2v) is 5.84. The molecule has 20 heavy (non-hydrogen) atoms. The van der Waals surface area contributed by atoms with Gasteiger partial charge in [0.15, 0.2) is 0 Å². The van der Waals surface area contributed by atoms with E-state index in [4.69, 9.17) is 14.2 Å². The number of para-hydroxylation sites is 1. The fourth-order valence-electron chi connectivity index (χ4n) is 3.36. The largest absolute Gasteiger partial charge is 0.496 e. The molecule has 110 valence electrons. The number of methoxy groups -OCH3 is 2. The third kappa shape index (κ3) is 2.68. The lowest BCUT2D eigenvalue weighted by atomic mass is 9.84. The minimum Gasteiger partial charge on any atom is -0.496 e. The summed E-state index contributed by atoms with van der Waals surface area (Å²) < 4.78 is 16.9. The summed E-state index contributed by atoms with van der Waals surface area (Å²) in [7, 11) is 3.53. The first-order valence-corrected chi connectivity index (χ1v) is 7.26. The van der Waals surface area contributed by atoms with Crippen LogP contribution in [-0.4, -0.2) is 50.5 Å². The Morgan fingerprint density at radius 1 is 1.30 bits per heavy atom. The van der Waals surface area contributed by atoms with Gasteiger partial charge in [0.25, 0.3) is 0 Å². The normalized spacial score (nSPS) is 25.4. The number of ether oxygens (including phenoxy) is 3. The van der Waals surface area contributed by atoms with Crippen LogP contribution in [0.15, 0.2) is 24.3 Å². The minimum atomic E-state index is 0.0287. The molecule has 0 aromatic heterocycles. The van der Waals surface area contributed by atoms with Crippen molar-refractivity contribution in [2.45, 2.75) is 31.1 Å². The Hall–Kier alpha value is -1.10. The number of hydrogen-bond acceptors (Lipinski definition) is 4. The van der Waals surface area contributed by atoms with Crippen LogP contribution in [0.1, 0.15) is 18.4 Å². The zero-order chi connectivity index (χ0) is 14.0. The van der Waals surface area contributed by atoms with E-state index >= 15 is 0 Å². The lowest BCUT2D eigenvalue weighted by molar-refractivity contribution is -0.195. The Balaban J connectivity index is 1.58. The molecule has 2 saturated heterocycles. The topological polar surface area (TPSA) is 30.9 Å². The molecule has 2 heterocycles. The van der Waals surface area contributed by atoms with Crippen LogP contribution >= 0.6 is 0 Å². The lowest BCUT2D eigenvalue weighted by Crippen LogP contribution is -2.65. The predicted molar refractivity (Wildman–Crippen MR) is 77.0 cm³/mol. The fourth-order valence-corrected chi connectivity index (χ4v) is 3.36. The van der Waals surface area contributed by atoms with Crippen LogP contribution in [0.5, 0.6) is 5.75 Å². The first-order chi connectivity index (χ1) is 9.74. The van der Waals surface area contributed by atoms with Crippen molar-refractivity contribution in [2.75, 3.05) is 33.9 Å². The molecule has 0 amide bonds. The molecular weight excluding hydrogens is 254 g/mol. The van der Waals surface area contributed by atoms with E-state index in [-0.39, 0.29) is 5.60 Å². The SMILES string of the molecule is COc1ccccc1CN1CC2(C[C@H](OC)CCO2)C1. The summed E-state index contributed by atoms with van der Waals surface area (Å²) in [6.07, 6.45) is 2.40. The van der Waals surface area contributed by atoms with Gasteiger partial charge in [-0.15, -0.1) is 0 Å². The predicted octanol–water partition coefficient (Wildman–Crippen LogP) is 2.08. The Morgan fingerprint density at radius 2 is 2.10 bits per heavy atom. The van der Waals surface area contributed by atoms with Crippen molar-refractivity contribution in [3.63, 3.8) is 0 Å². The molecule has 2 fully saturated rings. The molecule has 2 aliphatic rings. The van der Waals surface area contributed by atoms with Crippen molar-refractivity contribution in [1.82, 2.24) is 4.90 Å². The van der Waals surface area contributed by atoms with E-state index in [1.54, 1.807) is 14.2 Å². The summed E-state index contributed by atoms with van der Waals surface area (Å²) in [5.41, 5.74) is 1.27. The van der Waals surface area contributed by atoms with Crippen LogP contribution in [0.2, 0.25) is 0 Å². The third-order valence-corrected chi connectivity index (χ3v) is 4.39. The summed E-state index contributed by atoms with van der Waals surface area (Å²) in [5, 5.41) is 0. The highest BCUT2D eigenvalue weighted by atomic mass is 16.5. The van der Waals surface area contributed by atoms with Gasteiger partial charge >= 0.3 is 0 Å². The highest BCUT2D eigenvalue weighted by Gasteiger charge is 2.47. The average molecular weight is 277 g/mol. The summed E-state index contributed by atoms with van der Waals surface area (Å²) in [5.74, 6) is 0.966. The zero-order valence-corrected chi connectivity index (χ0v) is 12.3. The van der Waals surface area contributed by atoms with E-state index in [0.29, 0.717) is 6.10 Å². The monoisotopic (exact) mass is 277 g/mol. The smallest absolute Gasteiger partial charge is 0.123 e. The molecule has 1 aromatic rings. The average Bonchev–Trinajstić information content (AvgIpc) is 2.46. The van der Waals surface area contributed by atoms with Crippen molar-refractivity contribution in [2.24, 2.45) is 0 Å². The molecule has 2 aliphatic heterocycles. The fraction of sp³-hybridized carbons (Fsp3) is 0.625. The molecule has 1 atom stereocenters. The highest BCUT2D eigenvalue weighted by Crippen LogP contribution is 2.36.